The number of hydrogen-bond acceptors (Lipinski definition) is 4. The Morgan fingerprint density at radius 3 is 2.63 bits per heavy atom. The Morgan fingerprint density at radius 1 is 1.19 bits per heavy atom. The Hall–Kier alpha value is -2.93. The van der Waals surface area contributed by atoms with Crippen molar-refractivity contribution in [1.82, 2.24) is 9.88 Å². The maximum Gasteiger partial charge on any atom is 0.261 e. The van der Waals surface area contributed by atoms with Crippen molar-refractivity contribution in [3.05, 3.63) is 63.1 Å². The summed E-state index contributed by atoms with van der Waals surface area (Å²) in [6.07, 6.45) is 2.31. The third-order valence-electron chi connectivity index (χ3n) is 4.64. The molecule has 1 saturated heterocycles. The summed E-state index contributed by atoms with van der Waals surface area (Å²) in [6.45, 7) is 5.95. The predicted octanol–water partition coefficient (Wildman–Crippen LogP) is 1.97. The lowest BCUT2D eigenvalue weighted by atomic mass is 10.1. The van der Waals surface area contributed by atoms with Gasteiger partial charge in [0, 0.05) is 30.5 Å². The standard InChI is InChI=1S/C20H23N3O4/c1-3-14-10-17(18(24)21-12-14)19(25)22-15-5-4-13(2)16(11-15)20(26)23-6-8-27-9-7-23/h4-5,10-12H,3,6-9H2,1-2H3,(H,21,24)(H,22,25). The second-order valence-corrected chi connectivity index (χ2v) is 6.49. The molecule has 7 nitrogen and oxygen atoms in total. The zero-order chi connectivity index (χ0) is 19.4. The molecule has 1 aromatic carbocycles. The Kier molecular flexibility index (Phi) is 5.71. The Morgan fingerprint density at radius 2 is 1.93 bits per heavy atom. The number of pyridine rings is 1. The molecule has 3 rings (SSSR count). The summed E-state index contributed by atoms with van der Waals surface area (Å²) in [5.74, 6) is -0.585. The third kappa shape index (κ3) is 4.25. The molecule has 0 radical (unpaired) electrons. The molecule has 0 spiro atoms. The summed E-state index contributed by atoms with van der Waals surface area (Å²) >= 11 is 0. The smallest absolute Gasteiger partial charge is 0.261 e. The number of aromatic amines is 1. The van der Waals surface area contributed by atoms with Gasteiger partial charge in [-0.1, -0.05) is 13.0 Å². The van der Waals surface area contributed by atoms with E-state index in [1.807, 2.05) is 13.8 Å². The van der Waals surface area contributed by atoms with E-state index in [2.05, 4.69) is 10.3 Å². The van der Waals surface area contributed by atoms with E-state index in [0.717, 1.165) is 11.1 Å². The van der Waals surface area contributed by atoms with Crippen LogP contribution in [0, 0.1) is 6.92 Å². The quantitative estimate of drug-likeness (QED) is 0.862. The zero-order valence-corrected chi connectivity index (χ0v) is 15.5. The number of aryl methyl sites for hydroxylation is 2. The highest BCUT2D eigenvalue weighted by molar-refractivity contribution is 6.05. The van der Waals surface area contributed by atoms with Crippen LogP contribution in [0.2, 0.25) is 0 Å². The first-order valence-corrected chi connectivity index (χ1v) is 9.00. The van der Waals surface area contributed by atoms with Crippen LogP contribution in [-0.2, 0) is 11.2 Å². The highest BCUT2D eigenvalue weighted by Crippen LogP contribution is 2.18. The number of carbonyl (C=O) groups excluding carboxylic acids is 2. The van der Waals surface area contributed by atoms with Gasteiger partial charge in [-0.2, -0.15) is 0 Å². The molecular weight excluding hydrogens is 346 g/mol. The van der Waals surface area contributed by atoms with Crippen LogP contribution < -0.4 is 10.9 Å². The van der Waals surface area contributed by atoms with Crippen molar-refractivity contribution in [2.45, 2.75) is 20.3 Å². The number of amides is 2. The maximum atomic E-state index is 12.8. The number of rotatable bonds is 4. The van der Waals surface area contributed by atoms with Crippen molar-refractivity contribution < 1.29 is 14.3 Å². The minimum absolute atomic E-state index is 0.0518. The number of hydrogen-bond donors (Lipinski definition) is 2. The molecule has 0 unspecified atom stereocenters. The maximum absolute atomic E-state index is 12.8. The Bertz CT molecular complexity index is 914. The molecule has 7 heteroatoms. The van der Waals surface area contributed by atoms with E-state index in [0.29, 0.717) is 44.0 Å². The first kappa shape index (κ1) is 18.8. The van der Waals surface area contributed by atoms with Crippen molar-refractivity contribution in [1.29, 1.82) is 0 Å². The zero-order valence-electron chi connectivity index (χ0n) is 15.5. The summed E-state index contributed by atoms with van der Waals surface area (Å²) in [7, 11) is 0. The van der Waals surface area contributed by atoms with Gasteiger partial charge in [-0.25, -0.2) is 0 Å². The minimum Gasteiger partial charge on any atom is -0.378 e. The summed E-state index contributed by atoms with van der Waals surface area (Å²) in [5.41, 5.74) is 2.31. The van der Waals surface area contributed by atoms with Crippen LogP contribution in [0.4, 0.5) is 5.69 Å². The average molecular weight is 369 g/mol. The summed E-state index contributed by atoms with van der Waals surface area (Å²) in [4.78, 5) is 41.6. The predicted molar refractivity (Wildman–Crippen MR) is 102 cm³/mol. The van der Waals surface area contributed by atoms with E-state index in [-0.39, 0.29) is 11.5 Å². The number of nitrogens with one attached hydrogen (secondary N) is 2. The van der Waals surface area contributed by atoms with E-state index in [1.165, 1.54) is 0 Å². The Labute approximate surface area is 157 Å². The number of aromatic nitrogens is 1. The number of nitrogens with zero attached hydrogens (tertiary/aromatic N) is 1. The molecule has 2 amide bonds. The summed E-state index contributed by atoms with van der Waals surface area (Å²) < 4.78 is 5.29. The van der Waals surface area contributed by atoms with Gasteiger partial charge in [-0.3, -0.25) is 14.4 Å². The molecule has 27 heavy (non-hydrogen) atoms. The molecule has 0 atom stereocenters. The van der Waals surface area contributed by atoms with Crippen molar-refractivity contribution in [3.8, 4) is 0 Å². The molecule has 0 saturated carbocycles. The van der Waals surface area contributed by atoms with Crippen molar-refractivity contribution in [3.63, 3.8) is 0 Å². The second kappa shape index (κ2) is 8.18. The minimum atomic E-state index is -0.500. The van der Waals surface area contributed by atoms with Gasteiger partial charge in [0.1, 0.15) is 5.56 Å². The van der Waals surface area contributed by atoms with Gasteiger partial charge in [0.2, 0.25) is 0 Å². The fourth-order valence-corrected chi connectivity index (χ4v) is 2.97. The van der Waals surface area contributed by atoms with Gasteiger partial charge in [0.05, 0.1) is 13.2 Å². The van der Waals surface area contributed by atoms with Crippen LogP contribution in [0.3, 0.4) is 0 Å². The average Bonchev–Trinajstić information content (AvgIpc) is 2.70. The number of H-pyrrole nitrogens is 1. The van der Waals surface area contributed by atoms with Gasteiger partial charge in [0.15, 0.2) is 0 Å². The molecule has 0 bridgehead atoms. The lowest BCUT2D eigenvalue weighted by molar-refractivity contribution is 0.0302. The van der Waals surface area contributed by atoms with Crippen molar-refractivity contribution in [2.24, 2.45) is 0 Å². The number of morpholine rings is 1. The van der Waals surface area contributed by atoms with Gasteiger partial charge in [-0.15, -0.1) is 0 Å². The Balaban J connectivity index is 1.82. The molecule has 1 aliphatic heterocycles. The molecule has 142 valence electrons. The van der Waals surface area contributed by atoms with E-state index >= 15 is 0 Å². The second-order valence-electron chi connectivity index (χ2n) is 6.49. The van der Waals surface area contributed by atoms with E-state index in [4.69, 9.17) is 4.74 Å². The number of carbonyl (C=O) groups is 2. The van der Waals surface area contributed by atoms with Crippen LogP contribution in [0.15, 0.2) is 35.3 Å². The van der Waals surface area contributed by atoms with Crippen LogP contribution >= 0.6 is 0 Å². The SMILES string of the molecule is CCc1c[nH]c(=O)c(C(=O)Nc2ccc(C)c(C(=O)N3CCOCC3)c2)c1. The molecule has 2 aromatic rings. The molecule has 1 fully saturated rings. The van der Waals surface area contributed by atoms with E-state index in [1.54, 1.807) is 35.4 Å². The summed E-state index contributed by atoms with van der Waals surface area (Å²) in [5, 5.41) is 2.72. The fraction of sp³-hybridized carbons (Fsp3) is 0.350. The van der Waals surface area contributed by atoms with E-state index in [9.17, 15) is 14.4 Å². The van der Waals surface area contributed by atoms with Gasteiger partial charge in [0.25, 0.3) is 17.4 Å². The van der Waals surface area contributed by atoms with Gasteiger partial charge >= 0.3 is 0 Å². The fourth-order valence-electron chi connectivity index (χ4n) is 2.97. The molecule has 1 aliphatic rings. The van der Waals surface area contributed by atoms with Gasteiger partial charge in [-0.05, 0) is 42.7 Å². The molecular formula is C20H23N3O4. The third-order valence-corrected chi connectivity index (χ3v) is 4.64. The number of ether oxygens (including phenoxy) is 1. The number of anilines is 1. The summed E-state index contributed by atoms with van der Waals surface area (Å²) in [6, 6.07) is 6.75. The normalized spacial score (nSPS) is 14.1. The van der Waals surface area contributed by atoms with Crippen LogP contribution in [0.1, 0.15) is 38.8 Å². The highest BCUT2D eigenvalue weighted by Gasteiger charge is 2.21. The van der Waals surface area contributed by atoms with Crippen LogP contribution in [0.5, 0.6) is 0 Å². The number of benzene rings is 1. The topological polar surface area (TPSA) is 91.5 Å². The first-order valence-electron chi connectivity index (χ1n) is 9.00. The van der Waals surface area contributed by atoms with Crippen molar-refractivity contribution in [2.75, 3.05) is 31.6 Å². The van der Waals surface area contributed by atoms with Crippen LogP contribution in [-0.4, -0.2) is 48.0 Å². The first-order chi connectivity index (χ1) is 13.0. The lowest BCUT2D eigenvalue weighted by Gasteiger charge is -2.27. The van der Waals surface area contributed by atoms with Gasteiger partial charge < -0.3 is 19.9 Å². The molecule has 2 N–H and O–H groups in total. The largest absolute Gasteiger partial charge is 0.378 e. The molecule has 2 heterocycles. The molecule has 1 aromatic heterocycles. The monoisotopic (exact) mass is 369 g/mol. The van der Waals surface area contributed by atoms with E-state index < -0.39 is 11.5 Å². The highest BCUT2D eigenvalue weighted by atomic mass is 16.5. The molecule has 0 aliphatic carbocycles. The van der Waals surface area contributed by atoms with Crippen LogP contribution in [0.25, 0.3) is 0 Å². The van der Waals surface area contributed by atoms with Crippen molar-refractivity contribution >= 4 is 17.5 Å². The lowest BCUT2D eigenvalue weighted by Crippen LogP contribution is -2.41.